The lowest BCUT2D eigenvalue weighted by Gasteiger charge is -2.32. The third-order valence-corrected chi connectivity index (χ3v) is 8.26. The molecule has 0 spiro atoms. The molecule has 1 saturated heterocycles. The molecule has 1 aromatic carbocycles. The largest absolute Gasteiger partial charge is 0.477 e. The van der Waals surface area contributed by atoms with Crippen molar-refractivity contribution >= 4 is 5.91 Å². The summed E-state index contributed by atoms with van der Waals surface area (Å²) in [6, 6.07) is 11.2. The number of benzene rings is 1. The molecule has 8 heteroatoms. The van der Waals surface area contributed by atoms with E-state index in [-0.39, 0.29) is 12.3 Å². The highest BCUT2D eigenvalue weighted by Crippen LogP contribution is 2.43. The normalized spacial score (nSPS) is 22.8. The van der Waals surface area contributed by atoms with Crippen LogP contribution in [0.15, 0.2) is 42.6 Å². The van der Waals surface area contributed by atoms with Gasteiger partial charge in [-0.3, -0.25) is 4.79 Å². The van der Waals surface area contributed by atoms with Gasteiger partial charge in [-0.25, -0.2) is 4.98 Å². The Balaban J connectivity index is 1.21. The van der Waals surface area contributed by atoms with E-state index in [0.29, 0.717) is 49.4 Å². The first kappa shape index (κ1) is 28.4. The van der Waals surface area contributed by atoms with Crippen LogP contribution in [-0.4, -0.2) is 52.9 Å². The first-order valence-electron chi connectivity index (χ1n) is 13.8. The number of rotatable bonds is 8. The van der Waals surface area contributed by atoms with Gasteiger partial charge in [0.2, 0.25) is 5.88 Å². The summed E-state index contributed by atoms with van der Waals surface area (Å²) in [5, 5.41) is 9.84. The fourth-order valence-corrected chi connectivity index (χ4v) is 5.36. The number of amides is 1. The van der Waals surface area contributed by atoms with Crippen molar-refractivity contribution in [3.63, 3.8) is 0 Å². The van der Waals surface area contributed by atoms with Crippen LogP contribution < -0.4 is 4.74 Å². The van der Waals surface area contributed by atoms with Crippen molar-refractivity contribution in [2.45, 2.75) is 77.5 Å². The smallest absolute Gasteiger partial charge is 0.393 e. The molecule has 1 saturated carbocycles. The minimum absolute atomic E-state index is 0.0589. The van der Waals surface area contributed by atoms with E-state index < -0.39 is 17.7 Å². The summed E-state index contributed by atoms with van der Waals surface area (Å²) >= 11 is 0. The number of aliphatic hydroxyl groups is 1. The lowest BCUT2D eigenvalue weighted by molar-refractivity contribution is -0.214. The molecule has 208 valence electrons. The second-order valence-electron chi connectivity index (χ2n) is 11.6. The second-order valence-corrected chi connectivity index (χ2v) is 11.6. The van der Waals surface area contributed by atoms with Gasteiger partial charge in [-0.1, -0.05) is 38.8 Å². The molecular weight excluding hydrogens is 493 g/mol. The number of halogens is 3. The number of piperidine rings is 1. The zero-order valence-corrected chi connectivity index (χ0v) is 22.3. The molecule has 1 aliphatic carbocycles. The van der Waals surface area contributed by atoms with Crippen LogP contribution in [0.2, 0.25) is 0 Å². The van der Waals surface area contributed by atoms with Crippen molar-refractivity contribution in [1.82, 2.24) is 9.88 Å². The molecule has 4 rings (SSSR count). The van der Waals surface area contributed by atoms with Crippen LogP contribution >= 0.6 is 0 Å². The van der Waals surface area contributed by atoms with Gasteiger partial charge in [0, 0.05) is 36.5 Å². The van der Waals surface area contributed by atoms with Crippen LogP contribution in [0.4, 0.5) is 13.2 Å². The van der Waals surface area contributed by atoms with Crippen molar-refractivity contribution in [2.75, 3.05) is 19.7 Å². The highest BCUT2D eigenvalue weighted by atomic mass is 19.4. The number of pyridine rings is 1. The molecule has 2 fully saturated rings. The Morgan fingerprint density at radius 2 is 1.66 bits per heavy atom. The lowest BCUT2D eigenvalue weighted by Crippen LogP contribution is -2.42. The fourth-order valence-electron chi connectivity index (χ4n) is 5.36. The Kier molecular flexibility index (Phi) is 9.01. The van der Waals surface area contributed by atoms with Crippen molar-refractivity contribution in [2.24, 2.45) is 17.3 Å². The maximum Gasteiger partial charge on any atom is 0.393 e. The summed E-state index contributed by atoms with van der Waals surface area (Å²) in [6.07, 6.45) is 3.36. The van der Waals surface area contributed by atoms with Crippen molar-refractivity contribution in [1.29, 1.82) is 0 Å². The number of aromatic nitrogens is 1. The minimum Gasteiger partial charge on any atom is -0.477 e. The molecule has 2 aromatic rings. The molecular formula is C30H39F3N2O3. The fraction of sp³-hybridized carbons (Fsp3) is 0.600. The van der Waals surface area contributed by atoms with Gasteiger partial charge in [-0.05, 0) is 74.1 Å². The highest BCUT2D eigenvalue weighted by Gasteiger charge is 2.46. The van der Waals surface area contributed by atoms with E-state index in [9.17, 15) is 23.1 Å². The Labute approximate surface area is 223 Å². The van der Waals surface area contributed by atoms with Crippen molar-refractivity contribution in [3.8, 4) is 17.0 Å². The third kappa shape index (κ3) is 7.28. The van der Waals surface area contributed by atoms with Gasteiger partial charge in [0.1, 0.15) is 0 Å². The lowest BCUT2D eigenvalue weighted by atomic mass is 9.76. The number of likely N-dealkylation sites (tertiary alicyclic amines) is 1. The molecule has 1 aliphatic heterocycles. The quantitative estimate of drug-likeness (QED) is 0.402. The van der Waals surface area contributed by atoms with E-state index in [1.165, 1.54) is 13.8 Å². The van der Waals surface area contributed by atoms with Crippen LogP contribution in [0.5, 0.6) is 5.88 Å². The van der Waals surface area contributed by atoms with Gasteiger partial charge in [0.25, 0.3) is 5.91 Å². The molecule has 0 bridgehead atoms. The minimum atomic E-state index is -4.15. The zero-order valence-electron chi connectivity index (χ0n) is 22.3. The van der Waals surface area contributed by atoms with Crippen LogP contribution in [0, 0.1) is 17.3 Å². The van der Waals surface area contributed by atoms with Crippen molar-refractivity contribution in [3.05, 3.63) is 48.2 Å². The van der Waals surface area contributed by atoms with Gasteiger partial charge in [-0.2, -0.15) is 13.2 Å². The summed E-state index contributed by atoms with van der Waals surface area (Å²) in [5.41, 5.74) is 0.856. The van der Waals surface area contributed by atoms with Crippen LogP contribution in [0.25, 0.3) is 11.1 Å². The molecule has 1 aromatic heterocycles. The summed E-state index contributed by atoms with van der Waals surface area (Å²) in [7, 11) is 0. The summed E-state index contributed by atoms with van der Waals surface area (Å²) in [5.74, 6) is 1.25. The number of hydrogen-bond donors (Lipinski definition) is 1. The monoisotopic (exact) mass is 532 g/mol. The molecule has 0 radical (unpaired) electrons. The average Bonchev–Trinajstić information content (AvgIpc) is 2.91. The third-order valence-electron chi connectivity index (χ3n) is 8.26. The summed E-state index contributed by atoms with van der Waals surface area (Å²) in [6.45, 7) is 4.21. The van der Waals surface area contributed by atoms with E-state index in [1.54, 1.807) is 11.1 Å². The number of ether oxygens (including phenoxy) is 1. The Morgan fingerprint density at radius 3 is 2.26 bits per heavy atom. The first-order valence-corrected chi connectivity index (χ1v) is 13.8. The number of hydrogen-bond acceptors (Lipinski definition) is 4. The zero-order chi connectivity index (χ0) is 27.3. The molecule has 1 unspecified atom stereocenters. The highest BCUT2D eigenvalue weighted by molar-refractivity contribution is 5.94. The van der Waals surface area contributed by atoms with Gasteiger partial charge in [-0.15, -0.1) is 0 Å². The van der Waals surface area contributed by atoms with E-state index >= 15 is 0 Å². The first-order chi connectivity index (χ1) is 18.0. The van der Waals surface area contributed by atoms with Crippen LogP contribution in [-0.2, 0) is 0 Å². The number of aliphatic hydroxyl groups excluding tert-OH is 1. The maximum absolute atomic E-state index is 13.1. The van der Waals surface area contributed by atoms with E-state index in [2.05, 4.69) is 4.98 Å². The number of carbonyl (C=O) groups is 1. The maximum atomic E-state index is 13.1. The van der Waals surface area contributed by atoms with E-state index in [0.717, 1.165) is 49.7 Å². The number of β-amino-alcohol motifs (C(OH)–C–C–N with tert-alkyl or cyclic N) is 1. The summed E-state index contributed by atoms with van der Waals surface area (Å²) in [4.78, 5) is 18.9. The standard InChI is InChI=1S/C30H39F3N2O3/c1-29(2,30(31,32)33)16-15-21-5-7-22(8-6-21)20-38-27-14-13-25(18-34-27)23-9-11-24(12-10-23)28(37)35-17-3-4-26(36)19-35/h9-14,18,21-22,26,36H,3-8,15-17,19-20H2,1-2H3. The molecule has 1 N–H and O–H groups in total. The van der Waals surface area contributed by atoms with Gasteiger partial charge in [0.05, 0.1) is 18.1 Å². The SMILES string of the molecule is CC(C)(CCC1CCC(COc2ccc(-c3ccc(C(=O)N4CCCC(O)C4)cc3)cn2)CC1)C(F)(F)F. The number of carbonyl (C=O) groups excluding carboxylic acids is 1. The molecule has 2 heterocycles. The Morgan fingerprint density at radius 1 is 1.00 bits per heavy atom. The van der Waals surface area contributed by atoms with Crippen molar-refractivity contribution < 1.29 is 27.8 Å². The predicted molar refractivity (Wildman–Crippen MR) is 141 cm³/mol. The molecule has 1 amide bonds. The van der Waals surface area contributed by atoms with Gasteiger partial charge in [0.15, 0.2) is 0 Å². The molecule has 38 heavy (non-hydrogen) atoms. The Hall–Kier alpha value is -2.61. The van der Waals surface area contributed by atoms with Gasteiger partial charge < -0.3 is 14.7 Å². The molecule has 2 aliphatic rings. The number of nitrogens with zero attached hydrogens (tertiary/aromatic N) is 2. The second kappa shape index (κ2) is 12.1. The van der Waals surface area contributed by atoms with E-state index in [1.807, 2.05) is 36.4 Å². The summed E-state index contributed by atoms with van der Waals surface area (Å²) < 4.78 is 45.3. The predicted octanol–water partition coefficient (Wildman–Crippen LogP) is 6.90. The van der Waals surface area contributed by atoms with Crippen LogP contribution in [0.1, 0.15) is 75.6 Å². The van der Waals surface area contributed by atoms with E-state index in [4.69, 9.17) is 4.74 Å². The van der Waals surface area contributed by atoms with Gasteiger partial charge >= 0.3 is 6.18 Å². The molecule has 5 nitrogen and oxygen atoms in total. The topological polar surface area (TPSA) is 62.7 Å². The number of alkyl halides is 3. The van der Waals surface area contributed by atoms with Crippen LogP contribution in [0.3, 0.4) is 0 Å². The Bertz CT molecular complexity index is 1050. The average molecular weight is 533 g/mol. The molecule has 1 atom stereocenters.